The number of alkyl halides is 1. The highest BCUT2D eigenvalue weighted by Crippen LogP contribution is 2.29. The highest BCUT2D eigenvalue weighted by molar-refractivity contribution is 7.13. The summed E-state index contributed by atoms with van der Waals surface area (Å²) in [5, 5.41) is 3.67. The van der Waals surface area contributed by atoms with E-state index in [9.17, 15) is 0 Å². The van der Waals surface area contributed by atoms with Gasteiger partial charge in [-0.3, -0.25) is 0 Å². The third-order valence-corrected chi connectivity index (χ3v) is 4.67. The molecule has 90 valence electrons. The average Bonchev–Trinajstić information content (AvgIpc) is 2.77. The average molecular weight is 259 g/mol. The fourth-order valence-corrected chi connectivity index (χ4v) is 3.37. The van der Waals surface area contributed by atoms with Crippen molar-refractivity contribution in [3.63, 3.8) is 0 Å². The van der Waals surface area contributed by atoms with Crippen LogP contribution in [0.2, 0.25) is 0 Å². The van der Waals surface area contributed by atoms with Crippen LogP contribution in [0.4, 0.5) is 5.13 Å². The SMILES string of the molecule is CCc1csc(N2CCC(C(C)Cl)CC2)n1. The van der Waals surface area contributed by atoms with E-state index in [-0.39, 0.29) is 0 Å². The summed E-state index contributed by atoms with van der Waals surface area (Å²) < 4.78 is 0. The second kappa shape index (κ2) is 5.37. The molecule has 1 atom stereocenters. The monoisotopic (exact) mass is 258 g/mol. The van der Waals surface area contributed by atoms with E-state index in [0.717, 1.165) is 19.5 Å². The van der Waals surface area contributed by atoms with Crippen molar-refractivity contribution in [3.05, 3.63) is 11.1 Å². The summed E-state index contributed by atoms with van der Waals surface area (Å²) in [5.74, 6) is 0.684. The van der Waals surface area contributed by atoms with Crippen molar-refractivity contribution in [3.8, 4) is 0 Å². The van der Waals surface area contributed by atoms with Crippen molar-refractivity contribution in [2.24, 2.45) is 5.92 Å². The van der Waals surface area contributed by atoms with E-state index in [2.05, 4.69) is 29.1 Å². The Morgan fingerprint density at radius 1 is 1.56 bits per heavy atom. The Labute approximate surface area is 107 Å². The number of piperidine rings is 1. The van der Waals surface area contributed by atoms with Gasteiger partial charge in [0.15, 0.2) is 5.13 Å². The van der Waals surface area contributed by atoms with Crippen molar-refractivity contribution < 1.29 is 0 Å². The molecule has 0 saturated carbocycles. The maximum Gasteiger partial charge on any atom is 0.185 e. The maximum atomic E-state index is 6.15. The number of anilines is 1. The predicted octanol–water partition coefficient (Wildman–Crippen LogP) is 3.55. The van der Waals surface area contributed by atoms with Gasteiger partial charge in [0.05, 0.1) is 5.69 Å². The number of halogens is 1. The van der Waals surface area contributed by atoms with E-state index >= 15 is 0 Å². The van der Waals surface area contributed by atoms with Crippen LogP contribution in [0.5, 0.6) is 0 Å². The van der Waals surface area contributed by atoms with E-state index in [1.54, 1.807) is 11.3 Å². The number of nitrogens with zero attached hydrogens (tertiary/aromatic N) is 2. The molecule has 0 amide bonds. The molecule has 2 nitrogen and oxygen atoms in total. The molecule has 1 fully saturated rings. The van der Waals surface area contributed by atoms with Gasteiger partial charge in [-0.15, -0.1) is 22.9 Å². The van der Waals surface area contributed by atoms with E-state index in [4.69, 9.17) is 11.6 Å². The molecule has 16 heavy (non-hydrogen) atoms. The Morgan fingerprint density at radius 3 is 2.75 bits per heavy atom. The molecule has 0 aliphatic carbocycles. The normalized spacial score (nSPS) is 20.1. The summed E-state index contributed by atoms with van der Waals surface area (Å²) in [6, 6.07) is 0. The van der Waals surface area contributed by atoms with Crippen LogP contribution in [0.25, 0.3) is 0 Å². The van der Waals surface area contributed by atoms with Crippen LogP contribution < -0.4 is 4.90 Å². The molecule has 0 N–H and O–H groups in total. The summed E-state index contributed by atoms with van der Waals surface area (Å²) in [6.45, 7) is 6.48. The molecule has 4 heteroatoms. The highest BCUT2D eigenvalue weighted by atomic mass is 35.5. The zero-order valence-electron chi connectivity index (χ0n) is 9.95. The van der Waals surface area contributed by atoms with Gasteiger partial charge in [-0.05, 0) is 32.1 Å². The predicted molar refractivity (Wildman–Crippen MR) is 71.7 cm³/mol. The van der Waals surface area contributed by atoms with Crippen molar-refractivity contribution in [1.82, 2.24) is 4.98 Å². The molecule has 2 rings (SSSR count). The van der Waals surface area contributed by atoms with Gasteiger partial charge < -0.3 is 4.90 Å². The van der Waals surface area contributed by atoms with Crippen LogP contribution in [0.15, 0.2) is 5.38 Å². The van der Waals surface area contributed by atoms with Crippen LogP contribution in [-0.4, -0.2) is 23.5 Å². The smallest absolute Gasteiger partial charge is 0.185 e. The van der Waals surface area contributed by atoms with Gasteiger partial charge in [0.25, 0.3) is 0 Å². The van der Waals surface area contributed by atoms with Gasteiger partial charge in [0, 0.05) is 23.8 Å². The van der Waals surface area contributed by atoms with E-state index < -0.39 is 0 Å². The zero-order chi connectivity index (χ0) is 11.5. The molecule has 1 saturated heterocycles. The Bertz CT molecular complexity index is 330. The van der Waals surface area contributed by atoms with Crippen LogP contribution in [0.3, 0.4) is 0 Å². The molecule has 2 heterocycles. The van der Waals surface area contributed by atoms with Gasteiger partial charge in [0.2, 0.25) is 0 Å². The first kappa shape index (κ1) is 12.2. The maximum absolute atomic E-state index is 6.15. The molecule has 0 aromatic carbocycles. The first-order chi connectivity index (χ1) is 7.70. The quantitative estimate of drug-likeness (QED) is 0.771. The van der Waals surface area contributed by atoms with Crippen LogP contribution in [-0.2, 0) is 6.42 Å². The molecule has 1 aromatic heterocycles. The lowest BCUT2D eigenvalue weighted by Gasteiger charge is -2.32. The second-order valence-corrected chi connectivity index (χ2v) is 6.00. The van der Waals surface area contributed by atoms with Gasteiger partial charge in [0.1, 0.15) is 0 Å². The first-order valence-corrected chi connectivity index (χ1v) is 7.35. The Morgan fingerprint density at radius 2 is 2.25 bits per heavy atom. The molecule has 1 unspecified atom stereocenters. The number of thiazole rings is 1. The summed E-state index contributed by atoms with van der Waals surface area (Å²) in [7, 11) is 0. The molecule has 0 radical (unpaired) electrons. The summed E-state index contributed by atoms with van der Waals surface area (Å²) in [6.07, 6.45) is 3.43. The Balaban J connectivity index is 1.93. The topological polar surface area (TPSA) is 16.1 Å². The first-order valence-electron chi connectivity index (χ1n) is 6.04. The zero-order valence-corrected chi connectivity index (χ0v) is 11.5. The lowest BCUT2D eigenvalue weighted by molar-refractivity contribution is 0.400. The number of aryl methyl sites for hydroxylation is 1. The van der Waals surface area contributed by atoms with Crippen LogP contribution >= 0.6 is 22.9 Å². The van der Waals surface area contributed by atoms with Crippen molar-refractivity contribution in [2.75, 3.05) is 18.0 Å². The second-order valence-electron chi connectivity index (χ2n) is 4.48. The fourth-order valence-electron chi connectivity index (χ4n) is 2.15. The number of hydrogen-bond donors (Lipinski definition) is 0. The van der Waals surface area contributed by atoms with Crippen molar-refractivity contribution in [2.45, 2.75) is 38.5 Å². The van der Waals surface area contributed by atoms with E-state index in [1.165, 1.54) is 23.7 Å². The van der Waals surface area contributed by atoms with Crippen molar-refractivity contribution in [1.29, 1.82) is 0 Å². The number of hydrogen-bond acceptors (Lipinski definition) is 3. The van der Waals surface area contributed by atoms with E-state index in [0.29, 0.717) is 11.3 Å². The standard InChI is InChI=1S/C12H19ClN2S/c1-3-11-8-16-12(14-11)15-6-4-10(5-7-15)9(2)13/h8-10H,3-7H2,1-2H3. The number of rotatable bonds is 3. The molecule has 0 spiro atoms. The minimum absolute atomic E-state index is 0.310. The summed E-state index contributed by atoms with van der Waals surface area (Å²) in [5.41, 5.74) is 1.22. The Kier molecular flexibility index (Phi) is 4.09. The van der Waals surface area contributed by atoms with Gasteiger partial charge in [-0.1, -0.05) is 6.92 Å². The summed E-state index contributed by atoms with van der Waals surface area (Å²) in [4.78, 5) is 7.04. The van der Waals surface area contributed by atoms with Crippen LogP contribution in [0.1, 0.15) is 32.4 Å². The largest absolute Gasteiger partial charge is 0.348 e. The highest BCUT2D eigenvalue weighted by Gasteiger charge is 2.23. The fraction of sp³-hybridized carbons (Fsp3) is 0.750. The third kappa shape index (κ3) is 2.69. The van der Waals surface area contributed by atoms with E-state index in [1.807, 2.05) is 0 Å². The minimum Gasteiger partial charge on any atom is -0.348 e. The van der Waals surface area contributed by atoms with Gasteiger partial charge in [-0.2, -0.15) is 0 Å². The van der Waals surface area contributed by atoms with Crippen LogP contribution in [0, 0.1) is 5.92 Å². The third-order valence-electron chi connectivity index (χ3n) is 3.36. The number of aromatic nitrogens is 1. The van der Waals surface area contributed by atoms with Gasteiger partial charge in [-0.25, -0.2) is 4.98 Å². The molecule has 1 aliphatic rings. The Hall–Kier alpha value is -0.280. The van der Waals surface area contributed by atoms with Gasteiger partial charge >= 0.3 is 0 Å². The molecule has 0 bridgehead atoms. The molecular weight excluding hydrogens is 240 g/mol. The minimum atomic E-state index is 0.310. The lowest BCUT2D eigenvalue weighted by atomic mass is 9.94. The molecule has 1 aliphatic heterocycles. The lowest BCUT2D eigenvalue weighted by Crippen LogP contribution is -2.35. The summed E-state index contributed by atoms with van der Waals surface area (Å²) >= 11 is 7.92. The van der Waals surface area contributed by atoms with Crippen molar-refractivity contribution >= 4 is 28.1 Å². The molecular formula is C12H19ClN2S. The molecule has 1 aromatic rings.